The molecule has 0 bridgehead atoms. The Bertz CT molecular complexity index is 1090. The summed E-state index contributed by atoms with van der Waals surface area (Å²) in [6, 6.07) is 19.1. The first-order valence-corrected chi connectivity index (χ1v) is 10.1. The van der Waals surface area contributed by atoms with Gasteiger partial charge < -0.3 is 10.1 Å². The van der Waals surface area contributed by atoms with E-state index in [1.165, 1.54) is 19.1 Å². The average Bonchev–Trinajstić information content (AvgIpc) is 2.76. The van der Waals surface area contributed by atoms with E-state index in [0.29, 0.717) is 11.1 Å². The van der Waals surface area contributed by atoms with Crippen molar-refractivity contribution in [3.05, 3.63) is 100 Å². The monoisotopic (exact) mass is 415 g/mol. The number of hydrogen-bond acceptors (Lipinski definition) is 4. The summed E-state index contributed by atoms with van der Waals surface area (Å²) in [7, 11) is 0. The lowest BCUT2D eigenvalue weighted by molar-refractivity contribution is -0.123. The summed E-state index contributed by atoms with van der Waals surface area (Å²) in [5.74, 6) is -1.16. The summed E-state index contributed by atoms with van der Waals surface area (Å²) in [5.41, 5.74) is 5.05. The van der Waals surface area contributed by atoms with E-state index >= 15 is 0 Å². The molecule has 0 aliphatic carbocycles. The standard InChI is InChI=1S/C26H25NO4/c1-16-14-17(2)23(18(3)15-16)27-25(29)19(4)31-26(30)22-12-10-21(11-13-22)24(28)20-8-6-5-7-9-20/h5-15,19H,1-4H3,(H,27,29)/t19-/m1/s1. The van der Waals surface area contributed by atoms with Crippen LogP contribution in [-0.4, -0.2) is 23.8 Å². The van der Waals surface area contributed by atoms with Crippen LogP contribution in [0.2, 0.25) is 0 Å². The Morgan fingerprint density at radius 1 is 0.774 bits per heavy atom. The van der Waals surface area contributed by atoms with E-state index in [1.807, 2.05) is 39.0 Å². The normalized spacial score (nSPS) is 11.5. The van der Waals surface area contributed by atoms with Crippen LogP contribution < -0.4 is 5.32 Å². The maximum absolute atomic E-state index is 12.5. The molecule has 0 saturated heterocycles. The zero-order chi connectivity index (χ0) is 22.5. The van der Waals surface area contributed by atoms with Crippen LogP contribution in [0.1, 0.15) is 49.9 Å². The second-order valence-electron chi connectivity index (χ2n) is 7.58. The van der Waals surface area contributed by atoms with Crippen molar-refractivity contribution in [2.45, 2.75) is 33.8 Å². The van der Waals surface area contributed by atoms with E-state index in [9.17, 15) is 14.4 Å². The summed E-state index contributed by atoms with van der Waals surface area (Å²) >= 11 is 0. The SMILES string of the molecule is Cc1cc(C)c(NC(=O)[C@@H](C)OC(=O)c2ccc(C(=O)c3ccccc3)cc2)c(C)c1. The van der Waals surface area contributed by atoms with Gasteiger partial charge in [-0.3, -0.25) is 9.59 Å². The van der Waals surface area contributed by atoms with Crippen LogP contribution >= 0.6 is 0 Å². The van der Waals surface area contributed by atoms with Crippen LogP contribution in [0.3, 0.4) is 0 Å². The number of benzene rings is 3. The van der Waals surface area contributed by atoms with Crippen LogP contribution in [0.25, 0.3) is 0 Å². The fourth-order valence-electron chi connectivity index (χ4n) is 3.40. The number of ether oxygens (including phenoxy) is 1. The van der Waals surface area contributed by atoms with E-state index in [-0.39, 0.29) is 11.3 Å². The van der Waals surface area contributed by atoms with Gasteiger partial charge in [0, 0.05) is 16.8 Å². The minimum absolute atomic E-state index is 0.128. The first-order valence-electron chi connectivity index (χ1n) is 10.1. The molecule has 31 heavy (non-hydrogen) atoms. The molecule has 5 heteroatoms. The largest absolute Gasteiger partial charge is 0.449 e. The van der Waals surface area contributed by atoms with Crippen molar-refractivity contribution in [1.82, 2.24) is 0 Å². The van der Waals surface area contributed by atoms with Gasteiger partial charge >= 0.3 is 5.97 Å². The lowest BCUT2D eigenvalue weighted by Crippen LogP contribution is -2.30. The molecule has 0 aromatic heterocycles. The second-order valence-corrected chi connectivity index (χ2v) is 7.58. The third-order valence-corrected chi connectivity index (χ3v) is 5.00. The van der Waals surface area contributed by atoms with Crippen molar-refractivity contribution < 1.29 is 19.1 Å². The number of ketones is 1. The van der Waals surface area contributed by atoms with Gasteiger partial charge in [-0.2, -0.15) is 0 Å². The number of hydrogen-bond donors (Lipinski definition) is 1. The van der Waals surface area contributed by atoms with Gasteiger partial charge in [0.15, 0.2) is 11.9 Å². The molecular weight excluding hydrogens is 390 g/mol. The van der Waals surface area contributed by atoms with Crippen molar-refractivity contribution in [1.29, 1.82) is 0 Å². The van der Waals surface area contributed by atoms with Crippen molar-refractivity contribution in [3.63, 3.8) is 0 Å². The summed E-state index contributed by atoms with van der Waals surface area (Å²) in [6.07, 6.45) is -0.974. The molecule has 0 spiro atoms. The smallest absolute Gasteiger partial charge is 0.338 e. The molecule has 0 fully saturated rings. The maximum Gasteiger partial charge on any atom is 0.338 e. The summed E-state index contributed by atoms with van der Waals surface area (Å²) < 4.78 is 5.32. The number of esters is 1. The number of amides is 1. The molecule has 0 aliphatic heterocycles. The minimum atomic E-state index is -0.974. The van der Waals surface area contributed by atoms with Crippen LogP contribution in [0, 0.1) is 20.8 Å². The fourth-order valence-corrected chi connectivity index (χ4v) is 3.40. The lowest BCUT2D eigenvalue weighted by Gasteiger charge is -2.17. The number of anilines is 1. The summed E-state index contributed by atoms with van der Waals surface area (Å²) in [4.78, 5) is 37.5. The van der Waals surface area contributed by atoms with Crippen molar-refractivity contribution in [2.75, 3.05) is 5.32 Å². The number of nitrogens with one attached hydrogen (secondary N) is 1. The van der Waals surface area contributed by atoms with E-state index in [1.54, 1.807) is 36.4 Å². The Morgan fingerprint density at radius 3 is 1.87 bits per heavy atom. The number of rotatable bonds is 6. The molecule has 158 valence electrons. The van der Waals surface area contributed by atoms with Crippen molar-refractivity contribution >= 4 is 23.3 Å². The van der Waals surface area contributed by atoms with Gasteiger partial charge in [0.25, 0.3) is 5.91 Å². The molecule has 1 N–H and O–H groups in total. The van der Waals surface area contributed by atoms with E-state index in [0.717, 1.165) is 22.4 Å². The first-order chi connectivity index (χ1) is 14.8. The third kappa shape index (κ3) is 5.25. The van der Waals surface area contributed by atoms with Crippen LogP contribution in [0.5, 0.6) is 0 Å². The number of aryl methyl sites for hydroxylation is 3. The number of carbonyl (C=O) groups excluding carboxylic acids is 3. The highest BCUT2D eigenvalue weighted by Crippen LogP contribution is 2.22. The predicted molar refractivity (Wildman–Crippen MR) is 120 cm³/mol. The molecule has 3 aromatic rings. The summed E-state index contributed by atoms with van der Waals surface area (Å²) in [5, 5.41) is 2.84. The van der Waals surface area contributed by atoms with Gasteiger partial charge in [-0.15, -0.1) is 0 Å². The molecular formula is C26H25NO4. The topological polar surface area (TPSA) is 72.5 Å². The number of carbonyl (C=O) groups is 3. The Kier molecular flexibility index (Phi) is 6.65. The van der Waals surface area contributed by atoms with Gasteiger partial charge in [0.05, 0.1) is 5.56 Å². The highest BCUT2D eigenvalue weighted by Gasteiger charge is 2.20. The van der Waals surface area contributed by atoms with Crippen LogP contribution in [0.4, 0.5) is 5.69 Å². The zero-order valence-electron chi connectivity index (χ0n) is 18.1. The van der Waals surface area contributed by atoms with Gasteiger partial charge in [0.1, 0.15) is 0 Å². The molecule has 0 saturated carbocycles. The van der Waals surface area contributed by atoms with Gasteiger partial charge in [-0.1, -0.05) is 60.2 Å². The second kappa shape index (κ2) is 9.39. The average molecular weight is 415 g/mol. The minimum Gasteiger partial charge on any atom is -0.449 e. The van der Waals surface area contributed by atoms with E-state index < -0.39 is 18.0 Å². The van der Waals surface area contributed by atoms with Crippen LogP contribution in [-0.2, 0) is 9.53 Å². The van der Waals surface area contributed by atoms with Crippen LogP contribution in [0.15, 0.2) is 66.7 Å². The summed E-state index contributed by atoms with van der Waals surface area (Å²) in [6.45, 7) is 7.36. The molecule has 3 rings (SSSR count). The molecule has 0 unspecified atom stereocenters. The molecule has 1 amide bonds. The Morgan fingerprint density at radius 2 is 1.29 bits per heavy atom. The molecule has 0 aliphatic rings. The molecule has 0 heterocycles. The van der Waals surface area contributed by atoms with E-state index in [2.05, 4.69) is 5.32 Å². The Labute approximate surface area is 182 Å². The maximum atomic E-state index is 12.5. The molecule has 5 nitrogen and oxygen atoms in total. The molecule has 1 atom stereocenters. The highest BCUT2D eigenvalue weighted by molar-refractivity contribution is 6.09. The highest BCUT2D eigenvalue weighted by atomic mass is 16.5. The lowest BCUT2D eigenvalue weighted by atomic mass is 10.0. The predicted octanol–water partition coefficient (Wildman–Crippen LogP) is 5.03. The quantitative estimate of drug-likeness (QED) is 0.453. The Balaban J connectivity index is 1.64. The molecule has 0 radical (unpaired) electrons. The van der Waals surface area contributed by atoms with Gasteiger partial charge in [0.2, 0.25) is 0 Å². The van der Waals surface area contributed by atoms with Crippen molar-refractivity contribution in [2.24, 2.45) is 0 Å². The Hall–Kier alpha value is -3.73. The first kappa shape index (κ1) is 22.0. The van der Waals surface area contributed by atoms with Crippen molar-refractivity contribution in [3.8, 4) is 0 Å². The third-order valence-electron chi connectivity index (χ3n) is 5.00. The van der Waals surface area contributed by atoms with E-state index in [4.69, 9.17) is 4.74 Å². The molecule has 3 aromatic carbocycles. The van der Waals surface area contributed by atoms with Gasteiger partial charge in [-0.25, -0.2) is 4.79 Å². The fraction of sp³-hybridized carbons (Fsp3) is 0.192. The zero-order valence-corrected chi connectivity index (χ0v) is 18.1. The van der Waals surface area contributed by atoms with Gasteiger partial charge in [-0.05, 0) is 51.0 Å².